The fourth-order valence-corrected chi connectivity index (χ4v) is 3.53. The number of aliphatic hydroxyl groups excluding tert-OH is 1. The molecule has 0 unspecified atom stereocenters. The normalized spacial score (nSPS) is 22.4. The van der Waals surface area contributed by atoms with Crippen LogP contribution < -0.4 is 10.6 Å². The first-order valence-electron chi connectivity index (χ1n) is 8.02. The molecule has 0 spiro atoms. The molecule has 1 aliphatic rings. The van der Waals surface area contributed by atoms with Crippen LogP contribution in [0.5, 0.6) is 0 Å². The fourth-order valence-electron chi connectivity index (χ4n) is 2.51. The molecular weight excluding hydrogens is 298 g/mol. The fraction of sp³-hybridized carbons (Fsp3) is 0.750. The van der Waals surface area contributed by atoms with Gasteiger partial charge in [0, 0.05) is 29.8 Å². The van der Waals surface area contributed by atoms with Crippen molar-refractivity contribution in [1.29, 1.82) is 0 Å². The molecular formula is C16H27N3O2S. The van der Waals surface area contributed by atoms with Crippen LogP contribution in [0.2, 0.25) is 0 Å². The van der Waals surface area contributed by atoms with Crippen LogP contribution >= 0.6 is 11.3 Å². The lowest BCUT2D eigenvalue weighted by Gasteiger charge is -2.26. The van der Waals surface area contributed by atoms with Crippen LogP contribution in [0.1, 0.15) is 57.2 Å². The number of hydrogen-bond acceptors (Lipinski definition) is 4. The molecule has 1 aromatic heterocycles. The first kappa shape index (κ1) is 17.2. The molecule has 1 aliphatic carbocycles. The Balaban J connectivity index is 1.67. The van der Waals surface area contributed by atoms with E-state index in [1.165, 1.54) is 0 Å². The Morgan fingerprint density at radius 3 is 2.64 bits per heavy atom. The van der Waals surface area contributed by atoms with Crippen molar-refractivity contribution in [2.24, 2.45) is 0 Å². The minimum absolute atomic E-state index is 0.0745. The summed E-state index contributed by atoms with van der Waals surface area (Å²) in [6, 6.07) is 0.0738. The molecule has 1 saturated carbocycles. The van der Waals surface area contributed by atoms with Crippen LogP contribution in [-0.4, -0.2) is 34.8 Å². The second-order valence-electron chi connectivity index (χ2n) is 7.03. The van der Waals surface area contributed by atoms with Crippen LogP contribution in [0.3, 0.4) is 0 Å². The van der Waals surface area contributed by atoms with Gasteiger partial charge in [-0.3, -0.25) is 0 Å². The van der Waals surface area contributed by atoms with E-state index in [1.807, 2.05) is 0 Å². The molecule has 0 radical (unpaired) electrons. The minimum Gasteiger partial charge on any atom is -0.393 e. The molecule has 0 bridgehead atoms. The number of urea groups is 1. The van der Waals surface area contributed by atoms with Gasteiger partial charge in [-0.25, -0.2) is 9.78 Å². The summed E-state index contributed by atoms with van der Waals surface area (Å²) < 4.78 is 0. The van der Waals surface area contributed by atoms with Gasteiger partial charge >= 0.3 is 6.03 Å². The van der Waals surface area contributed by atoms with Crippen molar-refractivity contribution in [3.8, 4) is 0 Å². The van der Waals surface area contributed by atoms with Crippen molar-refractivity contribution in [2.45, 2.75) is 70.4 Å². The van der Waals surface area contributed by atoms with E-state index in [0.29, 0.717) is 6.54 Å². The highest BCUT2D eigenvalue weighted by Gasteiger charge is 2.20. The third-order valence-electron chi connectivity index (χ3n) is 3.98. The van der Waals surface area contributed by atoms with E-state index in [-0.39, 0.29) is 23.6 Å². The van der Waals surface area contributed by atoms with Crippen LogP contribution in [0.4, 0.5) is 4.79 Å². The zero-order valence-electron chi connectivity index (χ0n) is 13.7. The highest BCUT2D eigenvalue weighted by atomic mass is 32.1. The van der Waals surface area contributed by atoms with Crippen molar-refractivity contribution in [3.63, 3.8) is 0 Å². The molecule has 124 valence electrons. The second-order valence-corrected chi connectivity index (χ2v) is 7.97. The molecule has 1 aromatic rings. The summed E-state index contributed by atoms with van der Waals surface area (Å²) in [6.45, 7) is 7.05. The van der Waals surface area contributed by atoms with E-state index < -0.39 is 0 Å². The Hall–Kier alpha value is -1.14. The summed E-state index contributed by atoms with van der Waals surface area (Å²) in [5.74, 6) is 0. The first-order valence-corrected chi connectivity index (χ1v) is 8.90. The topological polar surface area (TPSA) is 74.2 Å². The Morgan fingerprint density at radius 1 is 1.36 bits per heavy atom. The lowest BCUT2D eigenvalue weighted by molar-refractivity contribution is 0.117. The van der Waals surface area contributed by atoms with Crippen molar-refractivity contribution >= 4 is 17.4 Å². The number of thiazole rings is 1. The predicted molar refractivity (Wildman–Crippen MR) is 89.3 cm³/mol. The molecule has 0 aliphatic heterocycles. The SMILES string of the molecule is CC(C)(C)c1csc(CCNC(=O)NC2CCC(O)CC2)n1. The summed E-state index contributed by atoms with van der Waals surface area (Å²) in [6.07, 6.45) is 3.84. The van der Waals surface area contributed by atoms with E-state index in [9.17, 15) is 9.90 Å². The predicted octanol–water partition coefficient (Wildman–Crippen LogP) is 2.59. The highest BCUT2D eigenvalue weighted by molar-refractivity contribution is 7.09. The van der Waals surface area contributed by atoms with Crippen molar-refractivity contribution in [1.82, 2.24) is 15.6 Å². The molecule has 1 fully saturated rings. The average molecular weight is 325 g/mol. The molecule has 0 saturated heterocycles. The summed E-state index contributed by atoms with van der Waals surface area (Å²) >= 11 is 1.65. The lowest BCUT2D eigenvalue weighted by atomic mass is 9.93. The van der Waals surface area contributed by atoms with E-state index in [0.717, 1.165) is 42.8 Å². The molecule has 1 heterocycles. The van der Waals surface area contributed by atoms with E-state index >= 15 is 0 Å². The lowest BCUT2D eigenvalue weighted by Crippen LogP contribution is -2.44. The van der Waals surface area contributed by atoms with Crippen molar-refractivity contribution in [2.75, 3.05) is 6.54 Å². The van der Waals surface area contributed by atoms with Crippen LogP contribution in [0.15, 0.2) is 5.38 Å². The number of rotatable bonds is 4. The van der Waals surface area contributed by atoms with Gasteiger partial charge in [0.25, 0.3) is 0 Å². The maximum atomic E-state index is 11.8. The Labute approximate surface area is 136 Å². The van der Waals surface area contributed by atoms with Crippen LogP contribution in [-0.2, 0) is 11.8 Å². The number of nitrogens with zero attached hydrogens (tertiary/aromatic N) is 1. The van der Waals surface area contributed by atoms with Crippen LogP contribution in [0.25, 0.3) is 0 Å². The summed E-state index contributed by atoms with van der Waals surface area (Å²) in [5, 5.41) is 18.5. The van der Waals surface area contributed by atoms with Gasteiger partial charge < -0.3 is 15.7 Å². The number of amides is 2. The minimum atomic E-state index is -0.192. The van der Waals surface area contributed by atoms with Gasteiger partial charge in [0.2, 0.25) is 0 Å². The standard InChI is InChI=1S/C16H27N3O2S/c1-16(2,3)13-10-22-14(19-13)8-9-17-15(21)18-11-4-6-12(20)7-5-11/h10-12,20H,4-9H2,1-3H3,(H2,17,18,21). The van der Waals surface area contributed by atoms with E-state index in [1.54, 1.807) is 11.3 Å². The maximum Gasteiger partial charge on any atom is 0.315 e. The van der Waals surface area contributed by atoms with Gasteiger partial charge in [-0.15, -0.1) is 11.3 Å². The van der Waals surface area contributed by atoms with Gasteiger partial charge in [0.1, 0.15) is 0 Å². The summed E-state index contributed by atoms with van der Waals surface area (Å²) in [4.78, 5) is 16.5. The van der Waals surface area contributed by atoms with Crippen molar-refractivity contribution in [3.05, 3.63) is 16.1 Å². The summed E-state index contributed by atoms with van der Waals surface area (Å²) in [5.41, 5.74) is 1.18. The third-order valence-corrected chi connectivity index (χ3v) is 4.89. The zero-order valence-corrected chi connectivity index (χ0v) is 14.5. The van der Waals surface area contributed by atoms with Crippen molar-refractivity contribution < 1.29 is 9.90 Å². The number of aliphatic hydroxyl groups is 1. The Kier molecular flexibility index (Phi) is 5.81. The third kappa shape index (κ3) is 5.25. The largest absolute Gasteiger partial charge is 0.393 e. The molecule has 3 N–H and O–H groups in total. The first-order chi connectivity index (χ1) is 10.3. The van der Waals surface area contributed by atoms with Gasteiger partial charge in [-0.2, -0.15) is 0 Å². The molecule has 22 heavy (non-hydrogen) atoms. The van der Waals surface area contributed by atoms with Crippen LogP contribution in [0, 0.1) is 0 Å². The van der Waals surface area contributed by atoms with Gasteiger partial charge in [-0.1, -0.05) is 20.8 Å². The van der Waals surface area contributed by atoms with E-state index in [2.05, 4.69) is 41.8 Å². The number of hydrogen-bond donors (Lipinski definition) is 3. The Bertz CT molecular complexity index is 488. The molecule has 6 heteroatoms. The average Bonchev–Trinajstić information content (AvgIpc) is 2.90. The Morgan fingerprint density at radius 2 is 2.05 bits per heavy atom. The number of nitrogens with one attached hydrogen (secondary N) is 2. The zero-order chi connectivity index (χ0) is 16.2. The number of aromatic nitrogens is 1. The molecule has 0 aromatic carbocycles. The maximum absolute atomic E-state index is 11.8. The number of carbonyl (C=O) groups is 1. The van der Waals surface area contributed by atoms with E-state index in [4.69, 9.17) is 0 Å². The molecule has 0 atom stereocenters. The quantitative estimate of drug-likeness (QED) is 0.796. The second kappa shape index (κ2) is 7.42. The highest BCUT2D eigenvalue weighted by Crippen LogP contribution is 2.24. The van der Waals surface area contributed by atoms with Gasteiger partial charge in [0.15, 0.2) is 0 Å². The molecule has 2 amide bonds. The van der Waals surface area contributed by atoms with Gasteiger partial charge in [-0.05, 0) is 25.7 Å². The number of carbonyl (C=O) groups excluding carboxylic acids is 1. The smallest absolute Gasteiger partial charge is 0.315 e. The molecule has 2 rings (SSSR count). The summed E-state index contributed by atoms with van der Waals surface area (Å²) in [7, 11) is 0. The monoisotopic (exact) mass is 325 g/mol. The van der Waals surface area contributed by atoms with Gasteiger partial charge in [0.05, 0.1) is 16.8 Å². The molecule has 5 nitrogen and oxygen atoms in total.